The Bertz CT molecular complexity index is 3100. The third kappa shape index (κ3) is 4.67. The van der Waals surface area contributed by atoms with Crippen LogP contribution < -0.4 is 4.90 Å². The monoisotopic (exact) mass is 686 g/mol. The summed E-state index contributed by atoms with van der Waals surface area (Å²) in [6.07, 6.45) is 0. The van der Waals surface area contributed by atoms with Gasteiger partial charge in [0.1, 0.15) is 0 Å². The first-order valence-electron chi connectivity index (χ1n) is 18.6. The number of para-hydroxylation sites is 3. The van der Waals surface area contributed by atoms with Crippen LogP contribution in [-0.4, -0.2) is 4.57 Å². The molecule has 0 saturated heterocycles. The Labute approximate surface area is 313 Å². The zero-order valence-electron chi connectivity index (χ0n) is 29.5. The highest BCUT2D eigenvalue weighted by Crippen LogP contribution is 2.46. The normalized spacial score (nSPS) is 11.7. The summed E-state index contributed by atoms with van der Waals surface area (Å²) < 4.78 is 2.45. The third-order valence-corrected chi connectivity index (χ3v) is 11.1. The van der Waals surface area contributed by atoms with Gasteiger partial charge in [0.05, 0.1) is 22.4 Å². The van der Waals surface area contributed by atoms with Crippen LogP contribution in [0.25, 0.3) is 82.1 Å². The molecule has 0 bridgehead atoms. The first kappa shape index (κ1) is 30.5. The molecule has 0 saturated carbocycles. The summed E-state index contributed by atoms with van der Waals surface area (Å²) in [7, 11) is 0. The summed E-state index contributed by atoms with van der Waals surface area (Å²) in [6.45, 7) is 0. The minimum absolute atomic E-state index is 1.11. The zero-order chi connectivity index (χ0) is 35.6. The van der Waals surface area contributed by atoms with Gasteiger partial charge < -0.3 is 9.47 Å². The predicted octanol–water partition coefficient (Wildman–Crippen LogP) is 14.5. The van der Waals surface area contributed by atoms with E-state index in [4.69, 9.17) is 0 Å². The van der Waals surface area contributed by atoms with Crippen molar-refractivity contribution in [3.8, 4) is 27.9 Å². The first-order valence-corrected chi connectivity index (χ1v) is 18.6. The highest BCUT2D eigenvalue weighted by atomic mass is 15.1. The van der Waals surface area contributed by atoms with Crippen molar-refractivity contribution < 1.29 is 0 Å². The van der Waals surface area contributed by atoms with E-state index in [0.717, 1.165) is 17.1 Å². The number of fused-ring (bicyclic) bond motifs is 3. The second kappa shape index (κ2) is 12.2. The number of aromatic nitrogens is 1. The number of benzene rings is 10. The zero-order valence-corrected chi connectivity index (χ0v) is 29.5. The number of rotatable bonds is 6. The van der Waals surface area contributed by atoms with E-state index in [2.05, 4.69) is 216 Å². The summed E-state index contributed by atoms with van der Waals surface area (Å²) in [5.41, 5.74) is 11.9. The highest BCUT2D eigenvalue weighted by molar-refractivity contribution is 6.27. The molecule has 11 aromatic rings. The third-order valence-electron chi connectivity index (χ3n) is 11.1. The molecule has 0 fully saturated rings. The second-order valence-corrected chi connectivity index (χ2v) is 14.1. The smallest absolute Gasteiger partial charge is 0.0541 e. The molecular weight excluding hydrogens is 653 g/mol. The van der Waals surface area contributed by atoms with Gasteiger partial charge in [0, 0.05) is 32.9 Å². The molecule has 0 aliphatic carbocycles. The lowest BCUT2D eigenvalue weighted by atomic mass is 9.92. The topological polar surface area (TPSA) is 8.17 Å². The number of anilines is 3. The Hall–Kier alpha value is -7.16. The second-order valence-electron chi connectivity index (χ2n) is 14.1. The van der Waals surface area contributed by atoms with Gasteiger partial charge in [-0.25, -0.2) is 0 Å². The van der Waals surface area contributed by atoms with E-state index >= 15 is 0 Å². The van der Waals surface area contributed by atoms with Crippen LogP contribution >= 0.6 is 0 Å². The molecule has 0 aliphatic rings. The molecule has 1 heterocycles. The van der Waals surface area contributed by atoms with Crippen molar-refractivity contribution in [3.05, 3.63) is 206 Å². The highest BCUT2D eigenvalue weighted by Gasteiger charge is 2.21. The van der Waals surface area contributed by atoms with Crippen molar-refractivity contribution in [2.24, 2.45) is 0 Å². The molecule has 54 heavy (non-hydrogen) atoms. The van der Waals surface area contributed by atoms with Crippen LogP contribution in [0, 0.1) is 0 Å². The molecule has 0 aliphatic heterocycles. The minimum atomic E-state index is 1.11. The molecule has 0 unspecified atom stereocenters. The molecule has 2 nitrogen and oxygen atoms in total. The van der Waals surface area contributed by atoms with Crippen molar-refractivity contribution >= 4 is 71.2 Å². The van der Waals surface area contributed by atoms with Crippen LogP contribution in [0.1, 0.15) is 0 Å². The van der Waals surface area contributed by atoms with E-state index in [1.54, 1.807) is 0 Å². The molecule has 11 rings (SSSR count). The maximum absolute atomic E-state index is 2.45. The van der Waals surface area contributed by atoms with Crippen molar-refractivity contribution in [3.63, 3.8) is 0 Å². The van der Waals surface area contributed by atoms with E-state index in [0.29, 0.717) is 0 Å². The lowest BCUT2D eigenvalue weighted by Gasteiger charge is -2.28. The van der Waals surface area contributed by atoms with Crippen LogP contribution in [0.4, 0.5) is 17.1 Å². The molecule has 10 aromatic carbocycles. The van der Waals surface area contributed by atoms with Crippen LogP contribution in [0.15, 0.2) is 206 Å². The molecule has 0 N–H and O–H groups in total. The molecule has 0 atom stereocenters. The summed E-state index contributed by atoms with van der Waals surface area (Å²) >= 11 is 0. The fourth-order valence-corrected chi connectivity index (χ4v) is 8.76. The summed E-state index contributed by atoms with van der Waals surface area (Å²) in [6, 6.07) is 75.2. The fourth-order valence-electron chi connectivity index (χ4n) is 8.76. The Morgan fingerprint density at radius 2 is 0.852 bits per heavy atom. The van der Waals surface area contributed by atoms with Crippen molar-refractivity contribution in [1.82, 2.24) is 4.57 Å². The van der Waals surface area contributed by atoms with Crippen molar-refractivity contribution in [2.45, 2.75) is 0 Å². The quantitative estimate of drug-likeness (QED) is 0.158. The van der Waals surface area contributed by atoms with Gasteiger partial charge in [-0.1, -0.05) is 158 Å². The summed E-state index contributed by atoms with van der Waals surface area (Å²) in [5, 5.41) is 10.1. The van der Waals surface area contributed by atoms with E-state index in [9.17, 15) is 0 Å². The SMILES string of the molecule is c1ccc(-c2ccccc2-c2cccc(N(c3ccccc3)c3ccc4ccc5c(-n6c7ccccc7c7ccccc76)ccc6ccc3c4c65)c2)cc1. The average molecular weight is 687 g/mol. The molecular formula is C52H34N2. The Morgan fingerprint density at radius 1 is 0.333 bits per heavy atom. The van der Waals surface area contributed by atoms with E-state index in [1.807, 2.05) is 0 Å². The van der Waals surface area contributed by atoms with E-state index in [-0.39, 0.29) is 0 Å². The van der Waals surface area contributed by atoms with E-state index < -0.39 is 0 Å². The largest absolute Gasteiger partial charge is 0.310 e. The van der Waals surface area contributed by atoms with Gasteiger partial charge in [-0.15, -0.1) is 0 Å². The van der Waals surface area contributed by atoms with Crippen LogP contribution in [0.2, 0.25) is 0 Å². The van der Waals surface area contributed by atoms with E-state index in [1.165, 1.54) is 82.1 Å². The first-order chi connectivity index (χ1) is 26.8. The van der Waals surface area contributed by atoms with Gasteiger partial charge in [-0.05, 0) is 92.3 Å². The van der Waals surface area contributed by atoms with Gasteiger partial charge in [0.2, 0.25) is 0 Å². The van der Waals surface area contributed by atoms with Crippen molar-refractivity contribution in [1.29, 1.82) is 0 Å². The number of hydrogen-bond acceptors (Lipinski definition) is 1. The lowest BCUT2D eigenvalue weighted by molar-refractivity contribution is 1.20. The van der Waals surface area contributed by atoms with Gasteiger partial charge in [0.25, 0.3) is 0 Å². The standard InChI is InChI=1S/C52H34N2/c1-3-14-35(15-4-1)41-20-7-8-21-42(41)38-16-13-19-40(34-38)53(39-17-5-2-6-18-39)49-32-28-36-27-31-46-50(33-29-37-26-30-45(49)51(36)52(37)46)54-47-24-11-9-22-43(47)44-23-10-12-25-48(44)54/h1-34H. The Balaban J connectivity index is 1.15. The van der Waals surface area contributed by atoms with Gasteiger partial charge in [-0.2, -0.15) is 0 Å². The van der Waals surface area contributed by atoms with Crippen LogP contribution in [0.3, 0.4) is 0 Å². The number of nitrogens with zero attached hydrogens (tertiary/aromatic N) is 2. The molecule has 1 aromatic heterocycles. The van der Waals surface area contributed by atoms with Crippen molar-refractivity contribution in [2.75, 3.05) is 4.90 Å². The van der Waals surface area contributed by atoms with Gasteiger partial charge >= 0.3 is 0 Å². The molecule has 0 spiro atoms. The minimum Gasteiger partial charge on any atom is -0.310 e. The molecule has 0 radical (unpaired) electrons. The fraction of sp³-hybridized carbons (Fsp3) is 0. The molecule has 0 amide bonds. The van der Waals surface area contributed by atoms with Crippen LogP contribution in [-0.2, 0) is 0 Å². The summed E-state index contributed by atoms with van der Waals surface area (Å²) in [5.74, 6) is 0. The summed E-state index contributed by atoms with van der Waals surface area (Å²) in [4.78, 5) is 2.42. The maximum Gasteiger partial charge on any atom is 0.0541 e. The lowest BCUT2D eigenvalue weighted by Crippen LogP contribution is -2.10. The average Bonchev–Trinajstić information content (AvgIpc) is 3.58. The van der Waals surface area contributed by atoms with Gasteiger partial charge in [0.15, 0.2) is 0 Å². The van der Waals surface area contributed by atoms with Crippen LogP contribution in [0.5, 0.6) is 0 Å². The molecule has 252 valence electrons. The Kier molecular flexibility index (Phi) is 6.90. The molecule has 2 heteroatoms. The number of hydrogen-bond donors (Lipinski definition) is 0. The predicted molar refractivity (Wildman–Crippen MR) is 230 cm³/mol. The maximum atomic E-state index is 2.45. The van der Waals surface area contributed by atoms with Gasteiger partial charge in [-0.3, -0.25) is 0 Å². The Morgan fingerprint density at radius 3 is 1.57 bits per heavy atom.